The number of anilines is 1. The molecule has 0 radical (unpaired) electrons. The van der Waals surface area contributed by atoms with E-state index in [1.165, 1.54) is 19.4 Å². The van der Waals surface area contributed by atoms with Gasteiger partial charge in [0.15, 0.2) is 0 Å². The molecule has 2 aliphatic heterocycles. The number of benzene rings is 1. The maximum atomic E-state index is 9.38. The van der Waals surface area contributed by atoms with Crippen LogP contribution in [0.15, 0.2) is 24.5 Å². The smallest absolute Gasteiger partial charge is 0.113 e. The molecule has 6 heteroatoms. The molecule has 2 N–H and O–H groups in total. The van der Waals surface area contributed by atoms with Crippen molar-refractivity contribution in [1.82, 2.24) is 14.9 Å². The number of hydrogen-bond donors (Lipinski definition) is 1. The van der Waals surface area contributed by atoms with Crippen LogP contribution in [-0.4, -0.2) is 54.1 Å². The van der Waals surface area contributed by atoms with Crippen LogP contribution in [0, 0.1) is 28.6 Å². The summed E-state index contributed by atoms with van der Waals surface area (Å²) < 4.78 is 0. The highest BCUT2D eigenvalue weighted by atomic mass is 15.2. The normalized spacial score (nSPS) is 28.6. The lowest BCUT2D eigenvalue weighted by Gasteiger charge is -2.41. The van der Waals surface area contributed by atoms with Gasteiger partial charge in [0.2, 0.25) is 0 Å². The largest absolute Gasteiger partial charge is 0.369 e. The van der Waals surface area contributed by atoms with Crippen molar-refractivity contribution in [3.8, 4) is 6.07 Å². The Morgan fingerprint density at radius 2 is 2.04 bits per heavy atom. The van der Waals surface area contributed by atoms with E-state index in [2.05, 4.69) is 39.7 Å². The zero-order chi connectivity index (χ0) is 19.7. The van der Waals surface area contributed by atoms with Gasteiger partial charge in [0.1, 0.15) is 17.1 Å². The number of fused-ring (bicyclic) bond motifs is 1. The maximum Gasteiger partial charge on any atom is 0.113 e. The van der Waals surface area contributed by atoms with Gasteiger partial charge in [-0.15, -0.1) is 0 Å². The minimum Gasteiger partial charge on any atom is -0.369 e. The molecule has 28 heavy (non-hydrogen) atoms. The second-order valence-corrected chi connectivity index (χ2v) is 8.99. The zero-order valence-electron chi connectivity index (χ0n) is 16.9. The van der Waals surface area contributed by atoms with Gasteiger partial charge in [-0.3, -0.25) is 9.97 Å². The van der Waals surface area contributed by atoms with E-state index in [1.807, 2.05) is 12.1 Å². The first kappa shape index (κ1) is 19.1. The molecule has 3 atom stereocenters. The number of nitrogens with zero attached hydrogens (tertiary/aromatic N) is 5. The molecule has 3 heterocycles. The van der Waals surface area contributed by atoms with Crippen molar-refractivity contribution >= 4 is 16.7 Å². The summed E-state index contributed by atoms with van der Waals surface area (Å²) in [6, 6.07) is 6.15. The second-order valence-electron chi connectivity index (χ2n) is 8.99. The fourth-order valence-electron chi connectivity index (χ4n) is 4.94. The van der Waals surface area contributed by atoms with Gasteiger partial charge in [-0.05, 0) is 55.3 Å². The Hall–Kier alpha value is -2.23. The Labute approximate surface area is 167 Å². The first-order valence-electron chi connectivity index (χ1n) is 10.3. The van der Waals surface area contributed by atoms with Crippen molar-refractivity contribution < 1.29 is 0 Å². The van der Waals surface area contributed by atoms with Crippen molar-refractivity contribution in [2.75, 3.05) is 44.2 Å². The molecule has 1 aromatic heterocycles. The highest BCUT2D eigenvalue weighted by Crippen LogP contribution is 2.35. The molecule has 1 unspecified atom stereocenters. The van der Waals surface area contributed by atoms with E-state index in [4.69, 9.17) is 5.73 Å². The van der Waals surface area contributed by atoms with Crippen LogP contribution in [0.3, 0.4) is 0 Å². The SMILES string of the molecule is C[C@H]1CN(c2ccc(C#N)c3nccnc23)C[C@@H]1CN1CCCC(C)(CN)C1. The number of hydrogen-bond acceptors (Lipinski definition) is 6. The number of aromatic nitrogens is 2. The average Bonchev–Trinajstić information content (AvgIpc) is 3.07. The number of likely N-dealkylation sites (tertiary alicyclic amines) is 1. The van der Waals surface area contributed by atoms with E-state index >= 15 is 0 Å². The van der Waals surface area contributed by atoms with Crippen LogP contribution in [0.25, 0.3) is 11.0 Å². The minimum atomic E-state index is 0.263. The molecule has 0 saturated carbocycles. The van der Waals surface area contributed by atoms with Crippen molar-refractivity contribution in [1.29, 1.82) is 5.26 Å². The van der Waals surface area contributed by atoms with Crippen LogP contribution < -0.4 is 10.6 Å². The van der Waals surface area contributed by atoms with Crippen LogP contribution in [0.1, 0.15) is 32.3 Å². The van der Waals surface area contributed by atoms with Gasteiger partial charge >= 0.3 is 0 Å². The summed E-state index contributed by atoms with van der Waals surface area (Å²) in [6.45, 7) is 10.9. The topological polar surface area (TPSA) is 82.1 Å². The van der Waals surface area contributed by atoms with E-state index in [0.29, 0.717) is 22.9 Å². The number of nitriles is 1. The van der Waals surface area contributed by atoms with Gasteiger partial charge in [0.05, 0.1) is 11.3 Å². The number of nitrogens with two attached hydrogens (primary N) is 1. The molecule has 2 aromatic rings. The fourth-order valence-corrected chi connectivity index (χ4v) is 4.94. The van der Waals surface area contributed by atoms with Gasteiger partial charge in [-0.2, -0.15) is 5.26 Å². The lowest BCUT2D eigenvalue weighted by Crippen LogP contribution is -2.47. The molecule has 148 valence electrons. The summed E-state index contributed by atoms with van der Waals surface area (Å²) in [4.78, 5) is 14.0. The van der Waals surface area contributed by atoms with Gasteiger partial charge in [-0.1, -0.05) is 13.8 Å². The third kappa shape index (κ3) is 3.57. The predicted octanol–water partition coefficient (Wildman–Crippen LogP) is 2.63. The van der Waals surface area contributed by atoms with Crippen molar-refractivity contribution in [2.45, 2.75) is 26.7 Å². The van der Waals surface area contributed by atoms with E-state index in [9.17, 15) is 5.26 Å². The third-order valence-electron chi connectivity index (χ3n) is 6.68. The molecule has 4 rings (SSSR count). The first-order chi connectivity index (χ1) is 13.5. The molecule has 0 bridgehead atoms. The van der Waals surface area contributed by atoms with Crippen LogP contribution in [0.4, 0.5) is 5.69 Å². The molecule has 0 aliphatic carbocycles. The monoisotopic (exact) mass is 378 g/mol. The van der Waals surface area contributed by atoms with Crippen molar-refractivity contribution in [3.05, 3.63) is 30.1 Å². The highest BCUT2D eigenvalue weighted by molar-refractivity contribution is 5.92. The maximum absolute atomic E-state index is 9.38. The van der Waals surface area contributed by atoms with E-state index < -0.39 is 0 Å². The summed E-state index contributed by atoms with van der Waals surface area (Å²) in [7, 11) is 0. The molecule has 1 aromatic carbocycles. The molecular weight excluding hydrogens is 348 g/mol. The van der Waals surface area contributed by atoms with Crippen LogP contribution in [0.2, 0.25) is 0 Å². The van der Waals surface area contributed by atoms with Crippen molar-refractivity contribution in [3.63, 3.8) is 0 Å². The Balaban J connectivity index is 1.52. The molecular formula is C22H30N6. The average molecular weight is 379 g/mol. The van der Waals surface area contributed by atoms with Crippen molar-refractivity contribution in [2.24, 2.45) is 23.0 Å². The first-order valence-corrected chi connectivity index (χ1v) is 10.3. The van der Waals surface area contributed by atoms with E-state index in [0.717, 1.165) is 43.9 Å². The summed E-state index contributed by atoms with van der Waals surface area (Å²) in [5.74, 6) is 1.25. The van der Waals surface area contributed by atoms with Crippen LogP contribution >= 0.6 is 0 Å². The fraction of sp³-hybridized carbons (Fsp3) is 0.591. The van der Waals surface area contributed by atoms with Crippen LogP contribution in [-0.2, 0) is 0 Å². The molecule has 0 spiro atoms. The summed E-state index contributed by atoms with van der Waals surface area (Å²) >= 11 is 0. The minimum absolute atomic E-state index is 0.263. The number of piperidine rings is 1. The summed E-state index contributed by atoms with van der Waals surface area (Å²) in [5, 5.41) is 9.38. The summed E-state index contributed by atoms with van der Waals surface area (Å²) in [6.07, 6.45) is 5.86. The second kappa shape index (κ2) is 7.65. The molecule has 0 amide bonds. The summed E-state index contributed by atoms with van der Waals surface area (Å²) in [5.41, 5.74) is 9.53. The van der Waals surface area contributed by atoms with Gasteiger partial charge in [0.25, 0.3) is 0 Å². The van der Waals surface area contributed by atoms with E-state index in [-0.39, 0.29) is 5.41 Å². The Bertz CT molecular complexity index is 890. The standard InChI is InChI=1S/C22H30N6/c1-16-11-28(13-18(16)12-27-9-3-6-22(2,14-24)15-27)19-5-4-17(10-23)20-21(19)26-8-7-25-20/h4-5,7-8,16,18H,3,6,9,11-15,24H2,1-2H3/t16-,18-,22?/m0/s1. The quantitative estimate of drug-likeness (QED) is 0.881. The zero-order valence-corrected chi connectivity index (χ0v) is 16.9. The van der Waals surface area contributed by atoms with Gasteiger partial charge in [-0.25, -0.2) is 0 Å². The molecule has 2 saturated heterocycles. The molecule has 2 aliphatic rings. The third-order valence-corrected chi connectivity index (χ3v) is 6.68. The Morgan fingerprint density at radius 3 is 2.79 bits per heavy atom. The highest BCUT2D eigenvalue weighted by Gasteiger charge is 2.35. The van der Waals surface area contributed by atoms with Gasteiger partial charge in [0, 0.05) is 38.6 Å². The Morgan fingerprint density at radius 1 is 1.25 bits per heavy atom. The Kier molecular flexibility index (Phi) is 5.22. The lowest BCUT2D eigenvalue weighted by molar-refractivity contribution is 0.0916. The van der Waals surface area contributed by atoms with Crippen LogP contribution in [0.5, 0.6) is 0 Å². The van der Waals surface area contributed by atoms with Gasteiger partial charge < -0.3 is 15.5 Å². The predicted molar refractivity (Wildman–Crippen MR) is 112 cm³/mol. The lowest BCUT2D eigenvalue weighted by atomic mass is 9.81. The van der Waals surface area contributed by atoms with E-state index in [1.54, 1.807) is 12.4 Å². The molecule has 6 nitrogen and oxygen atoms in total. The molecule has 2 fully saturated rings. The number of rotatable bonds is 4.